The molecule has 1 saturated carbocycles. The lowest BCUT2D eigenvalue weighted by Crippen LogP contribution is -2.29. The highest BCUT2D eigenvalue weighted by Crippen LogP contribution is 2.29. The lowest BCUT2D eigenvalue weighted by atomic mass is 10.0. The Morgan fingerprint density at radius 1 is 1.16 bits per heavy atom. The van der Waals surface area contributed by atoms with Crippen molar-refractivity contribution in [3.63, 3.8) is 0 Å². The van der Waals surface area contributed by atoms with Gasteiger partial charge in [-0.05, 0) is 24.7 Å². The normalized spacial score (nSPS) is 23.8. The molecule has 1 atom stereocenters. The average Bonchev–Trinajstić information content (AvgIpc) is 3.07. The number of amides is 2. The van der Waals surface area contributed by atoms with Gasteiger partial charge in [-0.25, -0.2) is 0 Å². The molecule has 4 nitrogen and oxygen atoms in total. The maximum absolute atomic E-state index is 12.1. The number of nitrogens with one attached hydrogen (secondary N) is 1. The summed E-state index contributed by atoms with van der Waals surface area (Å²) in [7, 11) is 1.67. The molecule has 0 bridgehead atoms. The number of rotatable bonds is 5. The number of hydrogen-bond donors (Lipinski definition) is 1. The second-order valence-electron chi connectivity index (χ2n) is 6.06. The van der Waals surface area contributed by atoms with Gasteiger partial charge < -0.3 is 10.2 Å². The van der Waals surface area contributed by atoms with Gasteiger partial charge in [-0.3, -0.25) is 9.59 Å². The van der Waals surface area contributed by atoms with Crippen LogP contribution in [0.15, 0.2) is 0 Å². The van der Waals surface area contributed by atoms with Crippen molar-refractivity contribution in [1.82, 2.24) is 10.2 Å². The Morgan fingerprint density at radius 2 is 1.89 bits per heavy atom. The van der Waals surface area contributed by atoms with Crippen LogP contribution >= 0.6 is 0 Å². The van der Waals surface area contributed by atoms with Crippen molar-refractivity contribution in [2.75, 3.05) is 20.1 Å². The number of likely N-dealkylation sites (tertiary alicyclic amines) is 1. The van der Waals surface area contributed by atoms with Crippen molar-refractivity contribution in [2.45, 2.75) is 51.4 Å². The largest absolute Gasteiger partial charge is 0.359 e. The fourth-order valence-corrected chi connectivity index (χ4v) is 3.37. The van der Waals surface area contributed by atoms with Crippen LogP contribution in [0.1, 0.15) is 51.4 Å². The van der Waals surface area contributed by atoms with E-state index in [4.69, 9.17) is 0 Å². The van der Waals surface area contributed by atoms with Gasteiger partial charge >= 0.3 is 0 Å². The molecule has 1 aliphatic carbocycles. The van der Waals surface area contributed by atoms with E-state index in [1.165, 1.54) is 25.7 Å². The van der Waals surface area contributed by atoms with Gasteiger partial charge in [-0.2, -0.15) is 0 Å². The molecule has 0 radical (unpaired) electrons. The Kier molecular flexibility index (Phi) is 5.23. The summed E-state index contributed by atoms with van der Waals surface area (Å²) in [5, 5.41) is 2.66. The van der Waals surface area contributed by atoms with E-state index >= 15 is 0 Å². The molecular weight excluding hydrogens is 240 g/mol. The molecule has 108 valence electrons. The molecule has 0 spiro atoms. The predicted molar refractivity (Wildman–Crippen MR) is 74.6 cm³/mol. The van der Waals surface area contributed by atoms with Gasteiger partial charge in [-0.15, -0.1) is 0 Å². The van der Waals surface area contributed by atoms with E-state index in [1.54, 1.807) is 7.05 Å². The van der Waals surface area contributed by atoms with Crippen LogP contribution in [-0.4, -0.2) is 36.9 Å². The van der Waals surface area contributed by atoms with Gasteiger partial charge in [0, 0.05) is 33.0 Å². The number of carbonyl (C=O) groups excluding carboxylic acids is 2. The highest BCUT2D eigenvalue weighted by Gasteiger charge is 2.27. The molecule has 19 heavy (non-hydrogen) atoms. The molecular formula is C15H26N2O2. The highest BCUT2D eigenvalue weighted by molar-refractivity contribution is 5.77. The number of carbonyl (C=O) groups is 2. The molecule has 1 unspecified atom stereocenters. The summed E-state index contributed by atoms with van der Waals surface area (Å²) in [5.41, 5.74) is 0. The first-order chi connectivity index (χ1) is 9.19. The summed E-state index contributed by atoms with van der Waals surface area (Å²) in [6.07, 6.45) is 8.62. The lowest BCUT2D eigenvalue weighted by Gasteiger charge is -2.17. The van der Waals surface area contributed by atoms with E-state index in [1.807, 2.05) is 4.90 Å². The van der Waals surface area contributed by atoms with Crippen molar-refractivity contribution in [3.8, 4) is 0 Å². The van der Waals surface area contributed by atoms with Crippen molar-refractivity contribution < 1.29 is 9.59 Å². The van der Waals surface area contributed by atoms with Crippen LogP contribution in [0.3, 0.4) is 0 Å². The van der Waals surface area contributed by atoms with Crippen LogP contribution in [0.2, 0.25) is 0 Å². The summed E-state index contributed by atoms with van der Waals surface area (Å²) in [4.78, 5) is 25.4. The summed E-state index contributed by atoms with van der Waals surface area (Å²) in [6, 6.07) is 0. The van der Waals surface area contributed by atoms with Crippen LogP contribution in [0.25, 0.3) is 0 Å². The second kappa shape index (κ2) is 6.92. The highest BCUT2D eigenvalue weighted by atomic mass is 16.2. The van der Waals surface area contributed by atoms with E-state index in [-0.39, 0.29) is 5.91 Å². The van der Waals surface area contributed by atoms with Gasteiger partial charge in [0.05, 0.1) is 0 Å². The zero-order valence-corrected chi connectivity index (χ0v) is 12.0. The second-order valence-corrected chi connectivity index (χ2v) is 6.06. The molecule has 2 amide bonds. The standard InChI is InChI=1S/C15H26N2O2/c1-16-14(18)10-13-8-9-17(11-13)15(19)7-6-12-4-2-3-5-12/h12-13H,2-11H2,1H3,(H,16,18). The minimum atomic E-state index is 0.0882. The third-order valence-electron chi connectivity index (χ3n) is 4.63. The summed E-state index contributed by atoms with van der Waals surface area (Å²) in [5.74, 6) is 1.53. The summed E-state index contributed by atoms with van der Waals surface area (Å²) >= 11 is 0. The van der Waals surface area contributed by atoms with Gasteiger partial charge in [0.2, 0.25) is 11.8 Å². The Bertz CT molecular complexity index is 324. The molecule has 1 saturated heterocycles. The SMILES string of the molecule is CNC(=O)CC1CCN(C(=O)CCC2CCCC2)C1. The van der Waals surface area contributed by atoms with Crippen LogP contribution < -0.4 is 5.32 Å². The first-order valence-electron chi connectivity index (χ1n) is 7.67. The van der Waals surface area contributed by atoms with Crippen molar-refractivity contribution in [2.24, 2.45) is 11.8 Å². The number of hydrogen-bond acceptors (Lipinski definition) is 2. The van der Waals surface area contributed by atoms with Gasteiger partial charge in [-0.1, -0.05) is 25.7 Å². The third kappa shape index (κ3) is 4.22. The Hall–Kier alpha value is -1.06. The van der Waals surface area contributed by atoms with Crippen molar-refractivity contribution in [3.05, 3.63) is 0 Å². The van der Waals surface area contributed by atoms with Crippen LogP contribution in [-0.2, 0) is 9.59 Å². The minimum absolute atomic E-state index is 0.0882. The van der Waals surface area contributed by atoms with Gasteiger partial charge in [0.25, 0.3) is 0 Å². The van der Waals surface area contributed by atoms with E-state index < -0.39 is 0 Å². The Labute approximate surface area is 115 Å². The lowest BCUT2D eigenvalue weighted by molar-refractivity contribution is -0.131. The molecule has 0 aromatic carbocycles. The fraction of sp³-hybridized carbons (Fsp3) is 0.867. The van der Waals surface area contributed by atoms with Crippen LogP contribution in [0.4, 0.5) is 0 Å². The van der Waals surface area contributed by atoms with Gasteiger partial charge in [0.15, 0.2) is 0 Å². The predicted octanol–water partition coefficient (Wildman–Crippen LogP) is 1.94. The van der Waals surface area contributed by atoms with E-state index in [0.29, 0.717) is 24.7 Å². The Balaban J connectivity index is 1.67. The molecule has 1 heterocycles. The first-order valence-corrected chi connectivity index (χ1v) is 7.67. The van der Waals surface area contributed by atoms with E-state index in [2.05, 4.69) is 5.32 Å². The van der Waals surface area contributed by atoms with Crippen molar-refractivity contribution in [1.29, 1.82) is 0 Å². The summed E-state index contributed by atoms with van der Waals surface area (Å²) < 4.78 is 0. The maximum atomic E-state index is 12.1. The molecule has 2 aliphatic rings. The maximum Gasteiger partial charge on any atom is 0.222 e. The molecule has 2 rings (SSSR count). The molecule has 1 aliphatic heterocycles. The smallest absolute Gasteiger partial charge is 0.222 e. The van der Waals surface area contributed by atoms with E-state index in [0.717, 1.165) is 31.8 Å². The van der Waals surface area contributed by atoms with Crippen molar-refractivity contribution >= 4 is 11.8 Å². The topological polar surface area (TPSA) is 49.4 Å². The summed E-state index contributed by atoms with van der Waals surface area (Å²) in [6.45, 7) is 1.61. The first kappa shape index (κ1) is 14.4. The zero-order valence-electron chi connectivity index (χ0n) is 12.0. The molecule has 4 heteroatoms. The molecule has 0 aromatic rings. The zero-order chi connectivity index (χ0) is 13.7. The van der Waals surface area contributed by atoms with E-state index in [9.17, 15) is 9.59 Å². The molecule has 0 aromatic heterocycles. The average molecular weight is 266 g/mol. The minimum Gasteiger partial charge on any atom is -0.359 e. The quantitative estimate of drug-likeness (QED) is 0.826. The van der Waals surface area contributed by atoms with Gasteiger partial charge in [0.1, 0.15) is 0 Å². The Morgan fingerprint density at radius 3 is 2.58 bits per heavy atom. The number of nitrogens with zero attached hydrogens (tertiary/aromatic N) is 1. The third-order valence-corrected chi connectivity index (χ3v) is 4.63. The monoisotopic (exact) mass is 266 g/mol. The fourth-order valence-electron chi connectivity index (χ4n) is 3.37. The van der Waals surface area contributed by atoms with Crippen LogP contribution in [0.5, 0.6) is 0 Å². The molecule has 1 N–H and O–H groups in total. The molecule has 2 fully saturated rings. The van der Waals surface area contributed by atoms with Crippen LogP contribution in [0, 0.1) is 11.8 Å².